The van der Waals surface area contributed by atoms with Crippen molar-refractivity contribution < 1.29 is 4.74 Å². The van der Waals surface area contributed by atoms with Crippen molar-refractivity contribution >= 4 is 12.2 Å². The molecule has 2 heteroatoms. The van der Waals surface area contributed by atoms with E-state index in [4.69, 9.17) is 4.74 Å². The molecule has 0 unspecified atom stereocenters. The molecule has 0 N–H and O–H groups in total. The van der Waals surface area contributed by atoms with Gasteiger partial charge in [-0.05, 0) is 26.0 Å². The summed E-state index contributed by atoms with van der Waals surface area (Å²) in [6, 6.07) is 1.94. The maximum absolute atomic E-state index is 5.43. The van der Waals surface area contributed by atoms with E-state index in [-0.39, 0.29) is 0 Å². The van der Waals surface area contributed by atoms with Crippen LogP contribution in [-0.2, 0) is 0 Å². The number of aryl methyl sites for hydroxylation is 1. The van der Waals surface area contributed by atoms with Crippen molar-refractivity contribution in [2.75, 3.05) is 6.61 Å². The molecule has 1 aromatic heterocycles. The monoisotopic (exact) mass is 219 g/mol. The van der Waals surface area contributed by atoms with Gasteiger partial charge in [-0.25, -0.2) is 4.98 Å². The molecule has 0 aliphatic carbocycles. The SMILES string of the molecule is C=Cc1cc(OCC)c(C)nc1C=C.CC. The second-order valence-corrected chi connectivity index (χ2v) is 2.89. The number of hydrogen-bond acceptors (Lipinski definition) is 2. The minimum Gasteiger partial charge on any atom is -0.492 e. The summed E-state index contributed by atoms with van der Waals surface area (Å²) in [7, 11) is 0. The van der Waals surface area contributed by atoms with Crippen LogP contribution in [0.5, 0.6) is 5.75 Å². The molecule has 0 spiro atoms. The summed E-state index contributed by atoms with van der Waals surface area (Å²) in [5.41, 5.74) is 2.68. The molecule has 88 valence electrons. The fourth-order valence-corrected chi connectivity index (χ4v) is 1.25. The van der Waals surface area contributed by atoms with Crippen LogP contribution in [0, 0.1) is 6.92 Å². The van der Waals surface area contributed by atoms with Gasteiger partial charge in [0.1, 0.15) is 5.75 Å². The molecule has 0 atom stereocenters. The van der Waals surface area contributed by atoms with Gasteiger partial charge in [-0.2, -0.15) is 0 Å². The highest BCUT2D eigenvalue weighted by Crippen LogP contribution is 2.21. The fourth-order valence-electron chi connectivity index (χ4n) is 1.25. The Labute approximate surface area is 98.7 Å². The van der Waals surface area contributed by atoms with E-state index in [1.807, 2.05) is 33.8 Å². The van der Waals surface area contributed by atoms with Crippen molar-refractivity contribution in [2.45, 2.75) is 27.7 Å². The van der Waals surface area contributed by atoms with Gasteiger partial charge in [-0.1, -0.05) is 33.1 Å². The van der Waals surface area contributed by atoms with Crippen LogP contribution < -0.4 is 4.74 Å². The van der Waals surface area contributed by atoms with Crippen LogP contribution in [-0.4, -0.2) is 11.6 Å². The summed E-state index contributed by atoms with van der Waals surface area (Å²) in [5.74, 6) is 0.813. The molecule has 0 aromatic carbocycles. The smallest absolute Gasteiger partial charge is 0.141 e. The van der Waals surface area contributed by atoms with Crippen molar-refractivity contribution in [3.05, 3.63) is 36.2 Å². The first-order valence-electron chi connectivity index (χ1n) is 5.62. The van der Waals surface area contributed by atoms with Crippen LogP contribution in [0.4, 0.5) is 0 Å². The lowest BCUT2D eigenvalue weighted by Gasteiger charge is -2.09. The highest BCUT2D eigenvalue weighted by molar-refractivity contribution is 5.62. The Kier molecular flexibility index (Phi) is 6.93. The molecule has 0 radical (unpaired) electrons. The second-order valence-electron chi connectivity index (χ2n) is 2.89. The Hall–Kier alpha value is -1.57. The zero-order valence-electron chi connectivity index (χ0n) is 10.7. The molecule has 0 bridgehead atoms. The van der Waals surface area contributed by atoms with Gasteiger partial charge in [-0.3, -0.25) is 0 Å². The molecule has 0 fully saturated rings. The lowest BCUT2D eigenvalue weighted by molar-refractivity contribution is 0.336. The first-order valence-corrected chi connectivity index (χ1v) is 5.62. The standard InChI is InChI=1S/C12H15NO.C2H6/c1-5-10-8-12(14-7-3)9(4)13-11(10)6-2;1-2/h5-6,8H,1-2,7H2,3-4H3;1-2H3. The number of hydrogen-bond donors (Lipinski definition) is 0. The van der Waals surface area contributed by atoms with E-state index in [2.05, 4.69) is 18.1 Å². The molecule has 0 saturated carbocycles. The van der Waals surface area contributed by atoms with E-state index < -0.39 is 0 Å². The third-order valence-electron chi connectivity index (χ3n) is 1.94. The van der Waals surface area contributed by atoms with Gasteiger partial charge >= 0.3 is 0 Å². The van der Waals surface area contributed by atoms with Gasteiger partial charge in [0.15, 0.2) is 0 Å². The summed E-state index contributed by atoms with van der Waals surface area (Å²) in [5, 5.41) is 0. The minimum atomic E-state index is 0.645. The normalized spacial score (nSPS) is 8.75. The van der Waals surface area contributed by atoms with E-state index >= 15 is 0 Å². The van der Waals surface area contributed by atoms with Gasteiger partial charge in [0.25, 0.3) is 0 Å². The van der Waals surface area contributed by atoms with Crippen LogP contribution in [0.15, 0.2) is 19.2 Å². The third kappa shape index (κ3) is 3.54. The van der Waals surface area contributed by atoms with Crippen LogP contribution in [0.3, 0.4) is 0 Å². The first kappa shape index (κ1) is 14.4. The molecular weight excluding hydrogens is 198 g/mol. The molecule has 1 heterocycles. The van der Waals surface area contributed by atoms with Crippen molar-refractivity contribution in [3.63, 3.8) is 0 Å². The fraction of sp³-hybridized carbons (Fsp3) is 0.357. The van der Waals surface area contributed by atoms with Crippen LogP contribution >= 0.6 is 0 Å². The van der Waals surface area contributed by atoms with Crippen LogP contribution in [0.25, 0.3) is 12.2 Å². The summed E-state index contributed by atoms with van der Waals surface area (Å²) in [4.78, 5) is 4.37. The predicted molar refractivity (Wildman–Crippen MR) is 71.7 cm³/mol. The van der Waals surface area contributed by atoms with E-state index in [0.717, 1.165) is 22.7 Å². The van der Waals surface area contributed by atoms with E-state index in [9.17, 15) is 0 Å². The predicted octanol–water partition coefficient (Wildman–Crippen LogP) is 4.10. The average Bonchev–Trinajstić information content (AvgIpc) is 2.34. The largest absolute Gasteiger partial charge is 0.492 e. The first-order chi connectivity index (χ1) is 7.72. The summed E-state index contributed by atoms with van der Waals surface area (Å²) < 4.78 is 5.43. The lowest BCUT2D eigenvalue weighted by atomic mass is 10.1. The van der Waals surface area contributed by atoms with Gasteiger partial charge in [-0.15, -0.1) is 0 Å². The van der Waals surface area contributed by atoms with Gasteiger partial charge < -0.3 is 4.74 Å². The molecule has 0 aliphatic rings. The van der Waals surface area contributed by atoms with Crippen molar-refractivity contribution in [1.29, 1.82) is 0 Å². The number of ether oxygens (including phenoxy) is 1. The lowest BCUT2D eigenvalue weighted by Crippen LogP contribution is -1.98. The summed E-state index contributed by atoms with van der Waals surface area (Å²) in [6.07, 6.45) is 3.48. The minimum absolute atomic E-state index is 0.645. The van der Waals surface area contributed by atoms with Gasteiger partial charge in [0, 0.05) is 5.56 Å². The summed E-state index contributed by atoms with van der Waals surface area (Å²) in [6.45, 7) is 16.0. The van der Waals surface area contributed by atoms with Crippen molar-refractivity contribution in [3.8, 4) is 5.75 Å². The number of pyridine rings is 1. The molecule has 1 rings (SSSR count). The van der Waals surface area contributed by atoms with Crippen LogP contribution in [0.1, 0.15) is 37.7 Å². The van der Waals surface area contributed by atoms with Gasteiger partial charge in [0.05, 0.1) is 18.0 Å². The number of nitrogens with zero attached hydrogens (tertiary/aromatic N) is 1. The number of rotatable bonds is 4. The molecule has 1 aromatic rings. The molecule has 16 heavy (non-hydrogen) atoms. The molecule has 0 saturated heterocycles. The van der Waals surface area contributed by atoms with Gasteiger partial charge in [0.2, 0.25) is 0 Å². The van der Waals surface area contributed by atoms with Crippen molar-refractivity contribution in [1.82, 2.24) is 4.98 Å². The third-order valence-corrected chi connectivity index (χ3v) is 1.94. The second kappa shape index (κ2) is 7.69. The molecule has 2 nitrogen and oxygen atoms in total. The average molecular weight is 219 g/mol. The zero-order valence-corrected chi connectivity index (χ0v) is 10.7. The van der Waals surface area contributed by atoms with E-state index in [1.165, 1.54) is 0 Å². The quantitative estimate of drug-likeness (QED) is 0.760. The molecular formula is C14H21NO. The van der Waals surface area contributed by atoms with Crippen LogP contribution in [0.2, 0.25) is 0 Å². The number of aromatic nitrogens is 1. The molecule has 0 amide bonds. The van der Waals surface area contributed by atoms with E-state index in [0.29, 0.717) is 6.61 Å². The Morgan fingerprint density at radius 2 is 1.94 bits per heavy atom. The maximum Gasteiger partial charge on any atom is 0.141 e. The maximum atomic E-state index is 5.43. The Morgan fingerprint density at radius 3 is 2.38 bits per heavy atom. The summed E-state index contributed by atoms with van der Waals surface area (Å²) >= 11 is 0. The Balaban J connectivity index is 0.00000106. The Bertz CT molecular complexity index is 356. The highest BCUT2D eigenvalue weighted by Gasteiger charge is 2.05. The zero-order chi connectivity index (χ0) is 12.6. The van der Waals surface area contributed by atoms with Crippen molar-refractivity contribution in [2.24, 2.45) is 0 Å². The highest BCUT2D eigenvalue weighted by atomic mass is 16.5. The van der Waals surface area contributed by atoms with E-state index in [1.54, 1.807) is 12.2 Å². The molecule has 0 aliphatic heterocycles. The topological polar surface area (TPSA) is 22.1 Å². The Morgan fingerprint density at radius 1 is 1.31 bits per heavy atom.